The van der Waals surface area contributed by atoms with E-state index in [4.69, 9.17) is 9.84 Å². The zero-order chi connectivity index (χ0) is 16.6. The molecule has 0 unspecified atom stereocenters. The molecular formula is C13H19N5O5. The van der Waals surface area contributed by atoms with Gasteiger partial charge in [0.05, 0.1) is 12.7 Å². The Morgan fingerprint density at radius 3 is 2.87 bits per heavy atom. The number of fused-ring (bicyclic) bond motifs is 1. The van der Waals surface area contributed by atoms with Gasteiger partial charge >= 0.3 is 5.69 Å². The zero-order valence-electron chi connectivity index (χ0n) is 12.6. The molecule has 3 heterocycles. The second-order valence-corrected chi connectivity index (χ2v) is 5.45. The van der Waals surface area contributed by atoms with E-state index < -0.39 is 29.7 Å². The Kier molecular flexibility index (Phi) is 4.20. The van der Waals surface area contributed by atoms with E-state index in [-0.39, 0.29) is 30.1 Å². The number of aliphatic hydroxyl groups is 2. The summed E-state index contributed by atoms with van der Waals surface area (Å²) >= 11 is 0. The standard InChI is InChI=1S/C13H19N5O5/c1-2-3-14-12-16-10-9(11(21)17-12)15-13(22)18(10)8-4-6(20)7(5-19)23-8/h6-8,19-20H,2-5H2,1H3,(H,15,22)(H2,14,16,17,21)/t6-,7+,8+/m0/s1. The first kappa shape index (κ1) is 15.7. The molecule has 126 valence electrons. The molecule has 2 aromatic rings. The second-order valence-electron chi connectivity index (χ2n) is 5.45. The molecule has 1 aliphatic rings. The lowest BCUT2D eigenvalue weighted by molar-refractivity contribution is -0.0441. The predicted molar refractivity (Wildman–Crippen MR) is 81.4 cm³/mol. The number of hydrogen-bond acceptors (Lipinski definition) is 7. The minimum atomic E-state index is -0.887. The maximum Gasteiger partial charge on any atom is 0.329 e. The molecule has 1 fully saturated rings. The normalized spacial score (nSPS) is 24.4. The lowest BCUT2D eigenvalue weighted by Gasteiger charge is -2.13. The summed E-state index contributed by atoms with van der Waals surface area (Å²) in [5, 5.41) is 22.0. The summed E-state index contributed by atoms with van der Waals surface area (Å²) in [5.74, 6) is 0.259. The number of H-pyrrole nitrogens is 2. The Morgan fingerprint density at radius 2 is 2.22 bits per heavy atom. The molecule has 1 aliphatic heterocycles. The van der Waals surface area contributed by atoms with E-state index in [0.29, 0.717) is 6.54 Å². The van der Waals surface area contributed by atoms with Crippen molar-refractivity contribution >= 4 is 17.1 Å². The van der Waals surface area contributed by atoms with Gasteiger partial charge in [0, 0.05) is 13.0 Å². The van der Waals surface area contributed by atoms with Crippen LogP contribution in [0, 0.1) is 0 Å². The Morgan fingerprint density at radius 1 is 1.43 bits per heavy atom. The lowest BCUT2D eigenvalue weighted by atomic mass is 10.2. The average molecular weight is 325 g/mol. The number of imidazole rings is 1. The molecule has 0 spiro atoms. The second kappa shape index (κ2) is 6.14. The molecule has 5 N–H and O–H groups in total. The van der Waals surface area contributed by atoms with Crippen molar-refractivity contribution in [3.05, 3.63) is 20.8 Å². The molecule has 0 bridgehead atoms. The predicted octanol–water partition coefficient (Wildman–Crippen LogP) is -1.12. The van der Waals surface area contributed by atoms with Crippen molar-refractivity contribution in [2.24, 2.45) is 0 Å². The van der Waals surface area contributed by atoms with Crippen molar-refractivity contribution in [2.45, 2.75) is 38.2 Å². The minimum Gasteiger partial charge on any atom is -0.394 e. The number of ether oxygens (including phenoxy) is 1. The van der Waals surface area contributed by atoms with Gasteiger partial charge in [-0.2, -0.15) is 4.98 Å². The molecule has 1 saturated heterocycles. The first-order valence-corrected chi connectivity index (χ1v) is 7.48. The van der Waals surface area contributed by atoms with Crippen LogP contribution in [0.2, 0.25) is 0 Å². The quantitative estimate of drug-likeness (QED) is 0.468. The van der Waals surface area contributed by atoms with E-state index in [1.807, 2.05) is 6.92 Å². The van der Waals surface area contributed by atoms with Crippen LogP contribution in [0.25, 0.3) is 11.2 Å². The summed E-state index contributed by atoms with van der Waals surface area (Å²) in [6.45, 7) is 2.24. The van der Waals surface area contributed by atoms with E-state index in [0.717, 1.165) is 6.42 Å². The molecule has 23 heavy (non-hydrogen) atoms. The van der Waals surface area contributed by atoms with Crippen LogP contribution in [0.1, 0.15) is 26.0 Å². The summed E-state index contributed by atoms with van der Waals surface area (Å²) < 4.78 is 6.68. The Labute approximate surface area is 130 Å². The molecule has 0 amide bonds. The van der Waals surface area contributed by atoms with Gasteiger partial charge in [0.25, 0.3) is 5.56 Å². The van der Waals surface area contributed by atoms with Crippen LogP contribution < -0.4 is 16.6 Å². The van der Waals surface area contributed by atoms with Crippen LogP contribution in [0.4, 0.5) is 5.95 Å². The molecule has 3 rings (SSSR count). The minimum absolute atomic E-state index is 0.0441. The number of anilines is 1. The first-order chi connectivity index (χ1) is 11.0. The van der Waals surface area contributed by atoms with Gasteiger partial charge in [-0.05, 0) is 6.42 Å². The van der Waals surface area contributed by atoms with Crippen molar-refractivity contribution in [1.82, 2.24) is 19.5 Å². The highest BCUT2D eigenvalue weighted by atomic mass is 16.5. The molecule has 0 radical (unpaired) electrons. The highest BCUT2D eigenvalue weighted by Gasteiger charge is 2.36. The van der Waals surface area contributed by atoms with Crippen LogP contribution in [0.15, 0.2) is 9.59 Å². The Hall–Kier alpha value is -2.17. The Balaban J connectivity index is 2.06. The van der Waals surface area contributed by atoms with E-state index in [9.17, 15) is 14.7 Å². The maximum absolute atomic E-state index is 12.2. The number of aromatic amines is 2. The molecule has 0 aliphatic carbocycles. The average Bonchev–Trinajstić information content (AvgIpc) is 3.04. The third-order valence-corrected chi connectivity index (χ3v) is 3.79. The van der Waals surface area contributed by atoms with Gasteiger partial charge in [-0.15, -0.1) is 0 Å². The fourth-order valence-corrected chi connectivity index (χ4v) is 2.64. The highest BCUT2D eigenvalue weighted by Crippen LogP contribution is 2.29. The Bertz CT molecular complexity index is 809. The van der Waals surface area contributed by atoms with Crippen LogP contribution in [0.5, 0.6) is 0 Å². The van der Waals surface area contributed by atoms with Crippen LogP contribution in [-0.4, -0.2) is 55.1 Å². The summed E-state index contributed by atoms with van der Waals surface area (Å²) in [7, 11) is 0. The number of rotatable bonds is 5. The summed E-state index contributed by atoms with van der Waals surface area (Å²) in [5.41, 5.74) is -0.834. The first-order valence-electron chi connectivity index (χ1n) is 7.48. The SMILES string of the molecule is CCCNc1nc2c([nH]c(=O)n2[C@H]2C[C@H](O)[C@@H](CO)O2)c(=O)[nH]1. The van der Waals surface area contributed by atoms with Crippen molar-refractivity contribution in [3.8, 4) is 0 Å². The van der Waals surface area contributed by atoms with E-state index in [1.165, 1.54) is 4.57 Å². The van der Waals surface area contributed by atoms with E-state index in [1.54, 1.807) is 0 Å². The fraction of sp³-hybridized carbons (Fsp3) is 0.615. The van der Waals surface area contributed by atoms with E-state index >= 15 is 0 Å². The highest BCUT2D eigenvalue weighted by molar-refractivity contribution is 5.70. The third kappa shape index (κ3) is 2.76. The van der Waals surface area contributed by atoms with Crippen molar-refractivity contribution in [2.75, 3.05) is 18.5 Å². The number of nitrogens with one attached hydrogen (secondary N) is 3. The topological polar surface area (TPSA) is 145 Å². The van der Waals surface area contributed by atoms with Crippen LogP contribution >= 0.6 is 0 Å². The molecule has 0 saturated carbocycles. The molecule has 10 heteroatoms. The lowest BCUT2D eigenvalue weighted by Crippen LogP contribution is -2.25. The van der Waals surface area contributed by atoms with Crippen molar-refractivity contribution in [1.29, 1.82) is 0 Å². The molecule has 0 aromatic carbocycles. The van der Waals surface area contributed by atoms with Gasteiger partial charge in [-0.1, -0.05) is 6.92 Å². The fourth-order valence-electron chi connectivity index (χ4n) is 2.64. The van der Waals surface area contributed by atoms with Gasteiger partial charge in [0.15, 0.2) is 11.2 Å². The van der Waals surface area contributed by atoms with Gasteiger partial charge in [0.1, 0.15) is 12.3 Å². The van der Waals surface area contributed by atoms with Crippen LogP contribution in [-0.2, 0) is 4.74 Å². The van der Waals surface area contributed by atoms with Crippen molar-refractivity contribution in [3.63, 3.8) is 0 Å². The van der Waals surface area contributed by atoms with E-state index in [2.05, 4.69) is 20.3 Å². The number of hydrogen-bond donors (Lipinski definition) is 5. The summed E-state index contributed by atoms with van der Waals surface area (Å²) in [6, 6.07) is 0. The number of nitrogens with zero attached hydrogens (tertiary/aromatic N) is 2. The molecule has 2 aromatic heterocycles. The number of aliphatic hydroxyl groups excluding tert-OH is 2. The smallest absolute Gasteiger partial charge is 0.329 e. The van der Waals surface area contributed by atoms with Gasteiger partial charge in [-0.25, -0.2) is 9.36 Å². The van der Waals surface area contributed by atoms with Gasteiger partial charge < -0.3 is 20.3 Å². The summed E-state index contributed by atoms with van der Waals surface area (Å²) in [4.78, 5) is 33.5. The zero-order valence-corrected chi connectivity index (χ0v) is 12.6. The van der Waals surface area contributed by atoms with Crippen molar-refractivity contribution < 1.29 is 14.9 Å². The monoisotopic (exact) mass is 325 g/mol. The van der Waals surface area contributed by atoms with Gasteiger partial charge in [0.2, 0.25) is 5.95 Å². The largest absolute Gasteiger partial charge is 0.394 e. The summed E-state index contributed by atoms with van der Waals surface area (Å²) in [6.07, 6.45) is -1.47. The van der Waals surface area contributed by atoms with Crippen LogP contribution in [0.3, 0.4) is 0 Å². The maximum atomic E-state index is 12.2. The third-order valence-electron chi connectivity index (χ3n) is 3.79. The molecular weight excluding hydrogens is 306 g/mol. The number of aromatic nitrogens is 4. The van der Waals surface area contributed by atoms with Gasteiger partial charge in [-0.3, -0.25) is 14.8 Å². The molecule has 10 nitrogen and oxygen atoms in total. The molecule has 3 atom stereocenters.